The predicted octanol–water partition coefficient (Wildman–Crippen LogP) is 4.51. The van der Waals surface area contributed by atoms with Gasteiger partial charge in [0.15, 0.2) is 17.8 Å². The summed E-state index contributed by atoms with van der Waals surface area (Å²) >= 11 is 0. The molecule has 4 heterocycles. The second-order valence-electron chi connectivity index (χ2n) is 9.65. The minimum atomic E-state index is -0.627. The van der Waals surface area contributed by atoms with Crippen molar-refractivity contribution in [2.45, 2.75) is 19.3 Å². The number of nitrogens with zero attached hydrogens (tertiary/aromatic N) is 5. The van der Waals surface area contributed by atoms with Gasteiger partial charge in [0.1, 0.15) is 29.0 Å². The fourth-order valence-electron chi connectivity index (χ4n) is 4.96. The van der Waals surface area contributed by atoms with Gasteiger partial charge in [-0.25, -0.2) is 19.9 Å². The number of carbonyl (C=O) groups excluding carboxylic acids is 2. The van der Waals surface area contributed by atoms with E-state index >= 15 is 0 Å². The highest BCUT2D eigenvalue weighted by atomic mass is 16.3. The highest BCUT2D eigenvalue weighted by Crippen LogP contribution is 2.33. The summed E-state index contributed by atoms with van der Waals surface area (Å²) in [7, 11) is 0. The van der Waals surface area contributed by atoms with E-state index in [1.165, 1.54) is 35.7 Å². The molecule has 11 heteroatoms. The smallest absolute Gasteiger partial charge is 0.248 e. The standard InChI is InChI=1S/C23H18N6O.C8H7NO3/c24-20-17(5-2-10-25-20)21-27-18-8-9-19(23-26-11-12-30-23)28-22(18)29(21)16-7-6-14-3-1-4-15(14)13-16;9-8(12)5-1-2-7(11)6(3-5)4-10/h2,5-13H,1,3-4H2,(H2,24,25);1-4,11H,(H2,9,12). The second kappa shape index (κ2) is 11.0. The lowest BCUT2D eigenvalue weighted by molar-refractivity contribution is 0.1000. The van der Waals surface area contributed by atoms with Crippen LogP contribution < -0.4 is 11.5 Å². The van der Waals surface area contributed by atoms with Crippen LogP contribution in [0.15, 0.2) is 83.7 Å². The van der Waals surface area contributed by atoms with Crippen molar-refractivity contribution in [1.29, 1.82) is 0 Å². The van der Waals surface area contributed by atoms with E-state index in [9.17, 15) is 9.59 Å². The largest absolute Gasteiger partial charge is 0.507 e. The summed E-state index contributed by atoms with van der Waals surface area (Å²) in [5.41, 5.74) is 18.1. The maximum atomic E-state index is 10.6. The summed E-state index contributed by atoms with van der Waals surface area (Å²) in [4.78, 5) is 39.1. The Morgan fingerprint density at radius 1 is 0.976 bits per heavy atom. The zero-order valence-corrected chi connectivity index (χ0v) is 22.3. The van der Waals surface area contributed by atoms with E-state index < -0.39 is 5.91 Å². The average molecular weight is 560 g/mol. The fourth-order valence-corrected chi connectivity index (χ4v) is 4.96. The normalized spacial score (nSPS) is 12.0. The van der Waals surface area contributed by atoms with Crippen LogP contribution in [-0.2, 0) is 12.8 Å². The zero-order chi connectivity index (χ0) is 29.2. The van der Waals surface area contributed by atoms with Crippen molar-refractivity contribution >= 4 is 29.2 Å². The van der Waals surface area contributed by atoms with E-state index in [0.29, 0.717) is 29.5 Å². The third-order valence-electron chi connectivity index (χ3n) is 7.01. The fraction of sp³-hybridized carbons (Fsp3) is 0.0968. The first-order valence-electron chi connectivity index (χ1n) is 13.1. The molecule has 0 saturated carbocycles. The monoisotopic (exact) mass is 559 g/mol. The third kappa shape index (κ3) is 4.94. The number of aromatic hydroxyl groups is 1. The van der Waals surface area contributed by atoms with Crippen LogP contribution in [0, 0.1) is 0 Å². The molecule has 1 aliphatic rings. The van der Waals surface area contributed by atoms with Crippen molar-refractivity contribution in [3.63, 3.8) is 0 Å². The van der Waals surface area contributed by atoms with Crippen molar-refractivity contribution < 1.29 is 19.1 Å². The van der Waals surface area contributed by atoms with Gasteiger partial charge in [-0.1, -0.05) is 6.07 Å². The second-order valence-corrected chi connectivity index (χ2v) is 9.65. The van der Waals surface area contributed by atoms with Gasteiger partial charge in [-0.2, -0.15) is 0 Å². The molecule has 0 bridgehead atoms. The number of phenols is 1. The van der Waals surface area contributed by atoms with E-state index in [-0.39, 0.29) is 16.9 Å². The van der Waals surface area contributed by atoms with Crippen LogP contribution in [0.1, 0.15) is 38.3 Å². The molecule has 0 saturated heterocycles. The van der Waals surface area contributed by atoms with E-state index in [4.69, 9.17) is 31.0 Å². The summed E-state index contributed by atoms with van der Waals surface area (Å²) in [5.74, 6) is 0.836. The number of hydrogen-bond acceptors (Lipinski definition) is 9. The maximum absolute atomic E-state index is 10.6. The number of imidazole rings is 1. The summed E-state index contributed by atoms with van der Waals surface area (Å²) in [6, 6.07) is 18.0. The van der Waals surface area contributed by atoms with Crippen molar-refractivity contribution in [2.24, 2.45) is 5.73 Å². The van der Waals surface area contributed by atoms with Gasteiger partial charge >= 0.3 is 0 Å². The van der Waals surface area contributed by atoms with Crippen LogP contribution in [0.2, 0.25) is 0 Å². The number of amides is 1. The van der Waals surface area contributed by atoms with Crippen LogP contribution >= 0.6 is 0 Å². The Balaban J connectivity index is 0.000000223. The number of pyridine rings is 2. The minimum absolute atomic E-state index is 0.0614. The maximum Gasteiger partial charge on any atom is 0.248 e. The van der Waals surface area contributed by atoms with E-state index in [2.05, 4.69) is 28.2 Å². The molecule has 2 aromatic carbocycles. The van der Waals surface area contributed by atoms with Crippen LogP contribution in [-0.4, -0.2) is 41.8 Å². The Labute approximate surface area is 239 Å². The van der Waals surface area contributed by atoms with Crippen LogP contribution in [0.25, 0.3) is 39.8 Å². The Kier molecular flexibility index (Phi) is 6.89. The van der Waals surface area contributed by atoms with Gasteiger partial charge in [-0.3, -0.25) is 14.2 Å². The Morgan fingerprint density at radius 2 is 1.83 bits per heavy atom. The number of fused-ring (bicyclic) bond motifs is 2. The number of oxazole rings is 1. The topological polar surface area (TPSA) is 176 Å². The molecule has 0 radical (unpaired) electrons. The number of primary amides is 1. The lowest BCUT2D eigenvalue weighted by Gasteiger charge is -2.12. The van der Waals surface area contributed by atoms with Gasteiger partial charge in [0, 0.05) is 17.4 Å². The molecule has 11 nitrogen and oxygen atoms in total. The highest BCUT2D eigenvalue weighted by Gasteiger charge is 2.21. The van der Waals surface area contributed by atoms with Crippen LogP contribution in [0.5, 0.6) is 5.75 Å². The van der Waals surface area contributed by atoms with Crippen LogP contribution in [0.4, 0.5) is 5.82 Å². The third-order valence-corrected chi connectivity index (χ3v) is 7.01. The quantitative estimate of drug-likeness (QED) is 0.256. The van der Waals surface area contributed by atoms with Crippen molar-refractivity contribution in [3.8, 4) is 34.4 Å². The molecule has 5 N–H and O–H groups in total. The minimum Gasteiger partial charge on any atom is -0.507 e. The predicted molar refractivity (Wildman–Crippen MR) is 156 cm³/mol. The zero-order valence-electron chi connectivity index (χ0n) is 22.3. The number of carbonyl (C=O) groups is 2. The summed E-state index contributed by atoms with van der Waals surface area (Å²) in [6.45, 7) is 0. The first-order valence-corrected chi connectivity index (χ1v) is 13.1. The Bertz CT molecular complexity index is 1950. The SMILES string of the molecule is NC(=O)c1ccc(O)c(C=O)c1.Nc1ncccc1-c1nc2ccc(-c3ncco3)nc2n1-c1ccc2c(c1)CCC2. The first kappa shape index (κ1) is 26.4. The number of hydrogen-bond donors (Lipinski definition) is 3. The molecule has 0 aliphatic heterocycles. The van der Waals surface area contributed by atoms with Gasteiger partial charge in [0.2, 0.25) is 11.8 Å². The van der Waals surface area contributed by atoms with Gasteiger partial charge in [-0.05, 0) is 85.0 Å². The van der Waals surface area contributed by atoms with Gasteiger partial charge in [0.05, 0.1) is 17.3 Å². The molecular weight excluding hydrogens is 534 g/mol. The van der Waals surface area contributed by atoms with Gasteiger partial charge in [0.25, 0.3) is 0 Å². The number of aldehydes is 1. The number of phenolic OH excluding ortho intramolecular Hbond substituents is 1. The number of rotatable bonds is 5. The summed E-state index contributed by atoms with van der Waals surface area (Å²) < 4.78 is 7.50. The molecule has 42 heavy (non-hydrogen) atoms. The molecule has 1 amide bonds. The molecule has 0 unspecified atom stereocenters. The van der Waals surface area contributed by atoms with Gasteiger partial charge < -0.3 is 21.0 Å². The highest BCUT2D eigenvalue weighted by molar-refractivity contribution is 5.95. The number of anilines is 1. The molecule has 4 aromatic heterocycles. The first-order chi connectivity index (χ1) is 20.4. The van der Waals surface area contributed by atoms with Crippen LogP contribution in [0.3, 0.4) is 0 Å². The van der Waals surface area contributed by atoms with E-state index in [1.807, 2.05) is 28.8 Å². The number of benzene rings is 2. The van der Waals surface area contributed by atoms with Crippen molar-refractivity contribution in [2.75, 3.05) is 5.73 Å². The van der Waals surface area contributed by atoms with Crippen molar-refractivity contribution in [1.82, 2.24) is 24.5 Å². The van der Waals surface area contributed by atoms with E-state index in [0.717, 1.165) is 35.3 Å². The average Bonchev–Trinajstić information content (AvgIpc) is 3.77. The lowest BCUT2D eigenvalue weighted by Crippen LogP contribution is -2.10. The molecule has 208 valence electrons. The molecule has 7 rings (SSSR count). The number of aryl methyl sites for hydroxylation is 2. The molecule has 0 atom stereocenters. The number of nitrogen functional groups attached to an aromatic ring is 1. The van der Waals surface area contributed by atoms with Gasteiger partial charge in [-0.15, -0.1) is 0 Å². The summed E-state index contributed by atoms with van der Waals surface area (Å²) in [6.07, 6.45) is 8.71. The lowest BCUT2D eigenvalue weighted by atomic mass is 10.1. The molecular formula is C31H25N7O4. The molecule has 6 aromatic rings. The van der Waals surface area contributed by atoms with E-state index in [1.54, 1.807) is 18.7 Å². The Hall–Kier alpha value is -5.84. The number of nitrogens with two attached hydrogens (primary N) is 2. The molecule has 1 aliphatic carbocycles. The van der Waals surface area contributed by atoms with Crippen molar-refractivity contribution in [3.05, 3.63) is 102 Å². The Morgan fingerprint density at radius 3 is 2.60 bits per heavy atom. The molecule has 0 fully saturated rings. The molecule has 0 spiro atoms. The number of aromatic nitrogens is 5. The summed E-state index contributed by atoms with van der Waals surface area (Å²) in [5, 5.41) is 9.03.